The molecule has 0 saturated heterocycles. The van der Waals surface area contributed by atoms with Gasteiger partial charge in [0.25, 0.3) is 0 Å². The maximum absolute atomic E-state index is 13.7. The molecule has 2 aromatic carbocycles. The molecule has 1 N–H and O–H groups in total. The van der Waals surface area contributed by atoms with E-state index in [2.05, 4.69) is 87.2 Å². The van der Waals surface area contributed by atoms with Crippen LogP contribution in [0.25, 0.3) is 6.08 Å². The molecule has 0 heterocycles. The van der Waals surface area contributed by atoms with Gasteiger partial charge in [-0.2, -0.15) is 0 Å². The van der Waals surface area contributed by atoms with E-state index in [0.717, 1.165) is 50.5 Å². The molecule has 0 spiro atoms. The van der Waals surface area contributed by atoms with Crippen molar-refractivity contribution in [1.82, 2.24) is 0 Å². The molecule has 2 saturated carbocycles. The molecule has 0 aromatic heterocycles. The molecule has 0 radical (unpaired) electrons. The van der Waals surface area contributed by atoms with E-state index < -0.39 is 12.1 Å². The number of hydrogen-bond donors (Lipinski definition) is 1. The van der Waals surface area contributed by atoms with Crippen molar-refractivity contribution >= 4 is 18.0 Å². The lowest BCUT2D eigenvalue weighted by atomic mass is 9.86. The summed E-state index contributed by atoms with van der Waals surface area (Å²) in [5.74, 6) is 1.29. The molecular formula is C41H54O5. The van der Waals surface area contributed by atoms with Crippen molar-refractivity contribution < 1.29 is 24.2 Å². The van der Waals surface area contributed by atoms with Gasteiger partial charge in [-0.25, -0.2) is 4.79 Å². The molecule has 4 rings (SSSR count). The number of benzene rings is 2. The fourth-order valence-electron chi connectivity index (χ4n) is 7.22. The van der Waals surface area contributed by atoms with Crippen molar-refractivity contribution in [3.63, 3.8) is 0 Å². The molecule has 5 nitrogen and oxygen atoms in total. The van der Waals surface area contributed by atoms with E-state index in [-0.39, 0.29) is 36.2 Å². The molecule has 2 aliphatic carbocycles. The summed E-state index contributed by atoms with van der Waals surface area (Å²) in [4.78, 5) is 25.5. The molecule has 2 aromatic rings. The van der Waals surface area contributed by atoms with Gasteiger partial charge in [0.05, 0.1) is 19.1 Å². The van der Waals surface area contributed by atoms with Gasteiger partial charge in [0.1, 0.15) is 6.10 Å². The van der Waals surface area contributed by atoms with Crippen LogP contribution in [0.5, 0.6) is 0 Å². The van der Waals surface area contributed by atoms with Crippen molar-refractivity contribution in [2.45, 2.75) is 77.7 Å². The van der Waals surface area contributed by atoms with E-state index >= 15 is 0 Å². The van der Waals surface area contributed by atoms with E-state index in [4.69, 9.17) is 9.47 Å². The van der Waals surface area contributed by atoms with Crippen LogP contribution in [0.4, 0.5) is 0 Å². The lowest BCUT2D eigenvalue weighted by molar-refractivity contribution is -0.154. The fourth-order valence-corrected chi connectivity index (χ4v) is 7.22. The smallest absolute Gasteiger partial charge is 0.334 e. The number of esters is 2. The largest absolute Gasteiger partial charge is 0.465 e. The van der Waals surface area contributed by atoms with Crippen LogP contribution in [0.1, 0.15) is 82.8 Å². The van der Waals surface area contributed by atoms with Crippen LogP contribution in [0, 0.1) is 41.4 Å². The molecule has 0 bridgehead atoms. The van der Waals surface area contributed by atoms with Gasteiger partial charge in [-0.05, 0) is 98.0 Å². The van der Waals surface area contributed by atoms with E-state index in [1.165, 1.54) is 12.5 Å². The Labute approximate surface area is 276 Å². The molecule has 5 heteroatoms. The van der Waals surface area contributed by atoms with Crippen molar-refractivity contribution in [2.75, 3.05) is 13.2 Å². The Hall–Kier alpha value is -3.44. The van der Waals surface area contributed by atoms with E-state index in [1.54, 1.807) is 0 Å². The molecule has 9 atom stereocenters. The van der Waals surface area contributed by atoms with Crippen LogP contribution in [-0.4, -0.2) is 36.4 Å². The van der Waals surface area contributed by atoms with Crippen LogP contribution in [0.3, 0.4) is 0 Å². The van der Waals surface area contributed by atoms with Gasteiger partial charge >= 0.3 is 11.9 Å². The fraction of sp³-hybridized carbons (Fsp3) is 0.512. The van der Waals surface area contributed by atoms with Crippen molar-refractivity contribution in [2.24, 2.45) is 41.4 Å². The third kappa shape index (κ3) is 10.6. The first kappa shape index (κ1) is 35.4. The Morgan fingerprint density at radius 3 is 2.24 bits per heavy atom. The summed E-state index contributed by atoms with van der Waals surface area (Å²) in [6, 6.07) is 20.9. The number of rotatable bonds is 16. The highest BCUT2D eigenvalue weighted by Crippen LogP contribution is 2.42. The first-order valence-corrected chi connectivity index (χ1v) is 17.4. The minimum atomic E-state index is -1.12. The Balaban J connectivity index is 1.41. The minimum absolute atomic E-state index is 0.0843. The number of aliphatic hydroxyl groups excluding tert-OH is 1. The number of ether oxygens (including phenoxy) is 2. The monoisotopic (exact) mass is 626 g/mol. The molecule has 0 aliphatic heterocycles. The number of aliphatic hydroxyl groups is 1. The molecule has 248 valence electrons. The average molecular weight is 627 g/mol. The lowest BCUT2D eigenvalue weighted by Crippen LogP contribution is -2.23. The first-order valence-electron chi connectivity index (χ1n) is 17.4. The van der Waals surface area contributed by atoms with Crippen LogP contribution in [0.15, 0.2) is 91.5 Å². The third-order valence-corrected chi connectivity index (χ3v) is 10.2. The molecule has 2 fully saturated rings. The van der Waals surface area contributed by atoms with E-state index in [9.17, 15) is 14.7 Å². The SMILES string of the molecule is C=CC1CC(/C=C/C2CC(/C=C/c3ccccc3)CC2C(=O)OCCC(CC(C)CC)c2ccccc2)CC1COC(=O)C(C)O. The van der Waals surface area contributed by atoms with E-state index in [0.29, 0.717) is 30.3 Å². The van der Waals surface area contributed by atoms with Crippen LogP contribution in [0.2, 0.25) is 0 Å². The van der Waals surface area contributed by atoms with Gasteiger partial charge in [0.2, 0.25) is 0 Å². The zero-order chi connectivity index (χ0) is 32.9. The minimum Gasteiger partial charge on any atom is -0.465 e. The zero-order valence-corrected chi connectivity index (χ0v) is 28.0. The van der Waals surface area contributed by atoms with Gasteiger partial charge < -0.3 is 14.6 Å². The topological polar surface area (TPSA) is 72.8 Å². The number of carbonyl (C=O) groups is 2. The van der Waals surface area contributed by atoms with Crippen LogP contribution >= 0.6 is 0 Å². The molecule has 2 aliphatic rings. The highest BCUT2D eigenvalue weighted by Gasteiger charge is 2.38. The second kappa shape index (κ2) is 18.0. The third-order valence-electron chi connectivity index (χ3n) is 10.2. The van der Waals surface area contributed by atoms with Gasteiger partial charge in [0.15, 0.2) is 0 Å². The molecule has 0 amide bonds. The Morgan fingerprint density at radius 1 is 0.891 bits per heavy atom. The summed E-state index contributed by atoms with van der Waals surface area (Å²) in [6.07, 6.45) is 16.4. The molecule has 46 heavy (non-hydrogen) atoms. The summed E-state index contributed by atoms with van der Waals surface area (Å²) in [7, 11) is 0. The summed E-state index contributed by atoms with van der Waals surface area (Å²) in [5, 5.41) is 9.50. The quantitative estimate of drug-likeness (QED) is 0.149. The maximum Gasteiger partial charge on any atom is 0.334 e. The number of allylic oxidation sites excluding steroid dienone is 4. The Morgan fingerprint density at radius 2 is 1.57 bits per heavy atom. The van der Waals surface area contributed by atoms with E-state index in [1.807, 2.05) is 24.3 Å². The summed E-state index contributed by atoms with van der Waals surface area (Å²) in [5.41, 5.74) is 2.48. The highest BCUT2D eigenvalue weighted by molar-refractivity contribution is 5.74. The summed E-state index contributed by atoms with van der Waals surface area (Å²) in [6.45, 7) is 10.7. The average Bonchev–Trinajstić information content (AvgIpc) is 3.68. The Bertz CT molecular complexity index is 1280. The Kier molecular flexibility index (Phi) is 13.9. The van der Waals surface area contributed by atoms with Crippen molar-refractivity contribution in [1.29, 1.82) is 0 Å². The zero-order valence-electron chi connectivity index (χ0n) is 28.0. The van der Waals surface area contributed by atoms with Crippen molar-refractivity contribution in [3.05, 3.63) is 103 Å². The van der Waals surface area contributed by atoms with Gasteiger partial charge in [-0.15, -0.1) is 6.58 Å². The van der Waals surface area contributed by atoms with Gasteiger partial charge in [0, 0.05) is 0 Å². The van der Waals surface area contributed by atoms with Crippen molar-refractivity contribution in [3.8, 4) is 0 Å². The van der Waals surface area contributed by atoms with Crippen LogP contribution < -0.4 is 0 Å². The molecule has 9 unspecified atom stereocenters. The number of hydrogen-bond acceptors (Lipinski definition) is 5. The second-order valence-electron chi connectivity index (χ2n) is 13.7. The molecular weight excluding hydrogens is 572 g/mol. The second-order valence-corrected chi connectivity index (χ2v) is 13.7. The summed E-state index contributed by atoms with van der Waals surface area (Å²) < 4.78 is 11.4. The lowest BCUT2D eigenvalue weighted by Gasteiger charge is -2.22. The standard InChI is InChI=1S/C41H54O5/c1-5-29(3)23-36(35-15-11-8-12-16-35)21-22-45-41(44)39-27-33(18-17-31-13-9-7-10-14-31)25-37(39)20-19-32-24-34(6-2)38(26-32)28-46-40(43)30(4)42/h6-20,29-30,32-34,36-39,42H,2,5,21-28H2,1,3-4H3/b18-17+,20-19+. The highest BCUT2D eigenvalue weighted by atomic mass is 16.5. The predicted molar refractivity (Wildman–Crippen MR) is 186 cm³/mol. The normalized spacial score (nSPS) is 26.6. The van der Waals surface area contributed by atoms with Crippen LogP contribution in [-0.2, 0) is 19.1 Å². The predicted octanol–water partition coefficient (Wildman–Crippen LogP) is 8.80. The van der Waals surface area contributed by atoms with Gasteiger partial charge in [-0.1, -0.05) is 111 Å². The maximum atomic E-state index is 13.7. The number of carbonyl (C=O) groups excluding carboxylic acids is 2. The first-order chi connectivity index (χ1) is 22.3. The van der Waals surface area contributed by atoms with Gasteiger partial charge in [-0.3, -0.25) is 4.79 Å². The summed E-state index contributed by atoms with van der Waals surface area (Å²) >= 11 is 0.